The lowest BCUT2D eigenvalue weighted by Crippen LogP contribution is -2.47. The Bertz CT molecular complexity index is 910. The van der Waals surface area contributed by atoms with Gasteiger partial charge < -0.3 is 24.6 Å². The number of nitrogens with zero attached hydrogens (tertiary/aromatic N) is 2. The Morgan fingerprint density at radius 1 is 0.968 bits per heavy atom. The van der Waals surface area contributed by atoms with Gasteiger partial charge in [-0.25, -0.2) is 0 Å². The number of methoxy groups -OCH3 is 2. The minimum absolute atomic E-state index is 0.0559. The fourth-order valence-electron chi connectivity index (χ4n) is 3.30. The van der Waals surface area contributed by atoms with Crippen molar-refractivity contribution in [3.63, 3.8) is 0 Å². The Hall–Kier alpha value is -3.32. The molecule has 1 aliphatic heterocycles. The molecular weight excluding hydrogens is 394 g/mol. The third-order valence-electron chi connectivity index (χ3n) is 5.26. The van der Waals surface area contributed by atoms with Crippen molar-refractivity contribution in [2.24, 2.45) is 0 Å². The van der Waals surface area contributed by atoms with Crippen molar-refractivity contribution in [3.05, 3.63) is 65.2 Å². The summed E-state index contributed by atoms with van der Waals surface area (Å²) in [6, 6.07) is 12.8. The number of hydrogen-bond donors (Lipinski definition) is 1. The molecule has 2 amide bonds. The van der Waals surface area contributed by atoms with E-state index in [1.165, 1.54) is 6.08 Å². The monoisotopic (exact) mass is 423 g/mol. The van der Waals surface area contributed by atoms with E-state index in [2.05, 4.69) is 17.3 Å². The average molecular weight is 424 g/mol. The van der Waals surface area contributed by atoms with Crippen LogP contribution in [-0.4, -0.2) is 69.1 Å². The van der Waals surface area contributed by atoms with Crippen molar-refractivity contribution in [1.29, 1.82) is 0 Å². The van der Waals surface area contributed by atoms with Gasteiger partial charge in [0.1, 0.15) is 11.5 Å². The number of nitrogens with one attached hydrogen (secondary N) is 1. The fraction of sp³-hybridized carbons (Fsp3) is 0.333. The van der Waals surface area contributed by atoms with Crippen LogP contribution in [0.5, 0.6) is 11.5 Å². The molecule has 31 heavy (non-hydrogen) atoms. The molecule has 0 radical (unpaired) electrons. The normalized spacial score (nSPS) is 14.5. The second-order valence-corrected chi connectivity index (χ2v) is 7.49. The minimum Gasteiger partial charge on any atom is -0.497 e. The van der Waals surface area contributed by atoms with Crippen molar-refractivity contribution >= 4 is 17.9 Å². The van der Waals surface area contributed by atoms with Gasteiger partial charge in [0.2, 0.25) is 5.91 Å². The second kappa shape index (κ2) is 10.6. The molecule has 0 spiro atoms. The number of hydrogen-bond acceptors (Lipinski definition) is 5. The predicted molar refractivity (Wildman–Crippen MR) is 120 cm³/mol. The Balaban J connectivity index is 1.52. The maximum Gasteiger partial charge on any atom is 0.253 e. The first-order valence-corrected chi connectivity index (χ1v) is 10.2. The van der Waals surface area contributed by atoms with Gasteiger partial charge in [-0.3, -0.25) is 9.59 Å². The third kappa shape index (κ3) is 6.33. The number of ether oxygens (including phenoxy) is 2. The van der Waals surface area contributed by atoms with Crippen LogP contribution < -0.4 is 14.8 Å². The highest BCUT2D eigenvalue weighted by Crippen LogP contribution is 2.23. The van der Waals surface area contributed by atoms with E-state index in [9.17, 15) is 9.59 Å². The van der Waals surface area contributed by atoms with E-state index in [0.29, 0.717) is 23.6 Å². The molecule has 7 heteroatoms. The zero-order chi connectivity index (χ0) is 22.2. The Kier molecular flexibility index (Phi) is 7.67. The van der Waals surface area contributed by atoms with E-state index < -0.39 is 0 Å². The second-order valence-electron chi connectivity index (χ2n) is 7.49. The van der Waals surface area contributed by atoms with Gasteiger partial charge in [0.15, 0.2) is 0 Å². The summed E-state index contributed by atoms with van der Waals surface area (Å²) in [5.41, 5.74) is 2.41. The van der Waals surface area contributed by atoms with Crippen LogP contribution in [0.4, 0.5) is 0 Å². The topological polar surface area (TPSA) is 71.1 Å². The van der Waals surface area contributed by atoms with Gasteiger partial charge in [0, 0.05) is 50.4 Å². The first-order valence-electron chi connectivity index (χ1n) is 10.2. The van der Waals surface area contributed by atoms with Gasteiger partial charge >= 0.3 is 0 Å². The summed E-state index contributed by atoms with van der Waals surface area (Å²) >= 11 is 0. The van der Waals surface area contributed by atoms with Crippen LogP contribution in [-0.2, 0) is 11.3 Å². The van der Waals surface area contributed by atoms with Crippen LogP contribution in [0.2, 0.25) is 0 Å². The molecule has 2 aromatic rings. The molecule has 1 fully saturated rings. The lowest BCUT2D eigenvalue weighted by atomic mass is 10.1. The van der Waals surface area contributed by atoms with E-state index in [0.717, 1.165) is 37.3 Å². The number of benzene rings is 2. The summed E-state index contributed by atoms with van der Waals surface area (Å²) in [5, 5.41) is 2.85. The van der Waals surface area contributed by atoms with Crippen molar-refractivity contribution in [3.8, 4) is 11.5 Å². The van der Waals surface area contributed by atoms with Crippen molar-refractivity contribution in [1.82, 2.24) is 15.1 Å². The number of likely N-dealkylation sites (N-methyl/N-ethyl adjacent to an activating group) is 1. The van der Waals surface area contributed by atoms with Gasteiger partial charge in [-0.05, 0) is 48.5 Å². The molecule has 164 valence electrons. The standard InChI is InChI=1S/C24H29N3O4/c1-26-10-12-27(13-11-26)24(29)20-7-4-18(5-8-20)17-25-23(28)9-6-19-14-21(30-2)16-22(15-19)31-3/h4-9,14-16H,10-13,17H2,1-3H3,(H,25,28). The van der Waals surface area contributed by atoms with Crippen LogP contribution in [0.3, 0.4) is 0 Å². The van der Waals surface area contributed by atoms with Gasteiger partial charge in [0.25, 0.3) is 5.91 Å². The first kappa shape index (κ1) is 22.4. The Labute approximate surface area is 183 Å². The summed E-state index contributed by atoms with van der Waals surface area (Å²) in [6.45, 7) is 3.67. The largest absolute Gasteiger partial charge is 0.497 e. The van der Waals surface area contributed by atoms with E-state index in [-0.39, 0.29) is 11.8 Å². The van der Waals surface area contributed by atoms with Crippen LogP contribution in [0.1, 0.15) is 21.5 Å². The van der Waals surface area contributed by atoms with Crippen LogP contribution in [0.15, 0.2) is 48.5 Å². The Morgan fingerprint density at radius 2 is 1.58 bits per heavy atom. The molecular formula is C24H29N3O4. The van der Waals surface area contributed by atoms with Gasteiger partial charge in [0.05, 0.1) is 14.2 Å². The molecule has 0 aromatic heterocycles. The van der Waals surface area contributed by atoms with E-state index in [1.807, 2.05) is 41.3 Å². The molecule has 0 unspecified atom stereocenters. The highest BCUT2D eigenvalue weighted by Gasteiger charge is 2.20. The molecule has 0 aliphatic carbocycles. The molecule has 0 saturated carbocycles. The molecule has 3 rings (SSSR count). The summed E-state index contributed by atoms with van der Waals surface area (Å²) in [6.07, 6.45) is 3.18. The van der Waals surface area contributed by atoms with Crippen molar-refractivity contribution < 1.29 is 19.1 Å². The molecule has 1 aliphatic rings. The van der Waals surface area contributed by atoms with Crippen LogP contribution >= 0.6 is 0 Å². The summed E-state index contributed by atoms with van der Waals surface area (Å²) < 4.78 is 10.5. The highest BCUT2D eigenvalue weighted by atomic mass is 16.5. The molecule has 2 aromatic carbocycles. The smallest absolute Gasteiger partial charge is 0.253 e. The minimum atomic E-state index is -0.209. The van der Waals surface area contributed by atoms with Gasteiger partial charge in [-0.15, -0.1) is 0 Å². The SMILES string of the molecule is COc1cc(C=CC(=O)NCc2ccc(C(=O)N3CCN(C)CC3)cc2)cc(OC)c1. The van der Waals surface area contributed by atoms with Gasteiger partial charge in [-0.1, -0.05) is 12.1 Å². The summed E-state index contributed by atoms with van der Waals surface area (Å²) in [7, 11) is 5.23. The van der Waals surface area contributed by atoms with Crippen LogP contribution in [0, 0.1) is 0 Å². The maximum absolute atomic E-state index is 12.6. The van der Waals surface area contributed by atoms with E-state index in [4.69, 9.17) is 9.47 Å². The molecule has 0 atom stereocenters. The van der Waals surface area contributed by atoms with Gasteiger partial charge in [-0.2, -0.15) is 0 Å². The lowest BCUT2D eigenvalue weighted by Gasteiger charge is -2.32. The predicted octanol–water partition coefficient (Wildman–Crippen LogP) is 2.42. The third-order valence-corrected chi connectivity index (χ3v) is 5.26. The quantitative estimate of drug-likeness (QED) is 0.693. The zero-order valence-electron chi connectivity index (χ0n) is 18.3. The number of piperazine rings is 1. The molecule has 0 bridgehead atoms. The van der Waals surface area contributed by atoms with Crippen LogP contribution in [0.25, 0.3) is 6.08 Å². The zero-order valence-corrected chi connectivity index (χ0v) is 18.3. The van der Waals surface area contributed by atoms with Crippen molar-refractivity contribution in [2.75, 3.05) is 47.4 Å². The highest BCUT2D eigenvalue weighted by molar-refractivity contribution is 5.94. The fourth-order valence-corrected chi connectivity index (χ4v) is 3.30. The number of amides is 2. The maximum atomic E-state index is 12.6. The summed E-state index contributed by atoms with van der Waals surface area (Å²) in [4.78, 5) is 28.9. The number of carbonyl (C=O) groups excluding carboxylic acids is 2. The number of rotatable bonds is 7. The van der Waals surface area contributed by atoms with E-state index in [1.54, 1.807) is 26.4 Å². The van der Waals surface area contributed by atoms with Crippen molar-refractivity contribution in [2.45, 2.75) is 6.54 Å². The lowest BCUT2D eigenvalue weighted by molar-refractivity contribution is -0.116. The Morgan fingerprint density at radius 3 is 2.16 bits per heavy atom. The average Bonchev–Trinajstić information content (AvgIpc) is 2.81. The molecule has 7 nitrogen and oxygen atoms in total. The van der Waals surface area contributed by atoms with E-state index >= 15 is 0 Å². The molecule has 1 heterocycles. The first-order chi connectivity index (χ1) is 15.0. The molecule has 1 saturated heterocycles. The molecule has 1 N–H and O–H groups in total. The number of carbonyl (C=O) groups is 2. The summed E-state index contributed by atoms with van der Waals surface area (Å²) in [5.74, 6) is 1.16.